The smallest absolute Gasteiger partial charge is 0.342 e. The molecule has 0 aliphatic carbocycles. The molecule has 0 aliphatic rings. The maximum absolute atomic E-state index is 12.1. The van der Waals surface area contributed by atoms with Gasteiger partial charge in [-0.25, -0.2) is 4.79 Å². The lowest BCUT2D eigenvalue weighted by Crippen LogP contribution is -2.24. The Kier molecular flexibility index (Phi) is 4.68. The van der Waals surface area contributed by atoms with Crippen LogP contribution in [0.3, 0.4) is 0 Å². The summed E-state index contributed by atoms with van der Waals surface area (Å²) < 4.78 is 5.04. The minimum absolute atomic E-state index is 0.131. The monoisotopic (exact) mass is 320 g/mol. The number of Topliss-reactive ketones (excluding diaryl/α,β-unsaturated/α-hetero) is 1. The zero-order chi connectivity index (χ0) is 16.3. The van der Waals surface area contributed by atoms with Gasteiger partial charge in [-0.05, 0) is 43.3 Å². The van der Waals surface area contributed by atoms with Crippen molar-refractivity contribution in [3.63, 3.8) is 0 Å². The Morgan fingerprint density at radius 3 is 2.32 bits per heavy atom. The number of hydrogen-bond donors (Lipinski definition) is 2. The molecule has 2 N–H and O–H groups in total. The summed E-state index contributed by atoms with van der Waals surface area (Å²) in [5.74, 6) is -1.84. The highest BCUT2D eigenvalue weighted by Gasteiger charge is 2.22. The highest BCUT2D eigenvalue weighted by atomic mass is 35.5. The summed E-state index contributed by atoms with van der Waals surface area (Å²) in [5, 5.41) is 19.3. The number of phenolic OH excluding ortho intramolecular Hbond substituents is 2. The van der Waals surface area contributed by atoms with Crippen molar-refractivity contribution >= 4 is 23.4 Å². The zero-order valence-electron chi connectivity index (χ0n) is 11.6. The molecule has 0 amide bonds. The van der Waals surface area contributed by atoms with Gasteiger partial charge < -0.3 is 14.9 Å². The molecule has 5 nitrogen and oxygen atoms in total. The third-order valence-electron chi connectivity index (χ3n) is 2.98. The molecule has 0 radical (unpaired) electrons. The van der Waals surface area contributed by atoms with Crippen molar-refractivity contribution in [3.8, 4) is 11.5 Å². The van der Waals surface area contributed by atoms with E-state index in [0.29, 0.717) is 10.6 Å². The fourth-order valence-electron chi connectivity index (χ4n) is 1.82. The van der Waals surface area contributed by atoms with E-state index in [1.54, 1.807) is 12.1 Å². The molecule has 0 aliphatic heterocycles. The molecule has 2 aromatic rings. The van der Waals surface area contributed by atoms with Crippen LogP contribution in [0.1, 0.15) is 27.6 Å². The molecule has 1 atom stereocenters. The molecular formula is C16H13ClO5. The first-order chi connectivity index (χ1) is 10.4. The van der Waals surface area contributed by atoms with Crippen LogP contribution in [-0.2, 0) is 4.74 Å². The third-order valence-corrected chi connectivity index (χ3v) is 3.23. The molecule has 0 spiro atoms. The first kappa shape index (κ1) is 15.9. The number of benzene rings is 2. The molecule has 22 heavy (non-hydrogen) atoms. The molecule has 0 unspecified atom stereocenters. The number of carbonyl (C=O) groups is 2. The molecule has 0 fully saturated rings. The summed E-state index contributed by atoms with van der Waals surface area (Å²) in [6, 6.07) is 9.67. The first-order valence-corrected chi connectivity index (χ1v) is 6.79. The van der Waals surface area contributed by atoms with Crippen molar-refractivity contribution in [2.45, 2.75) is 13.0 Å². The number of phenols is 2. The van der Waals surface area contributed by atoms with Gasteiger partial charge in [0, 0.05) is 16.7 Å². The minimum atomic E-state index is -1.03. The second kappa shape index (κ2) is 6.49. The fraction of sp³-hybridized carbons (Fsp3) is 0.125. The fourth-order valence-corrected chi connectivity index (χ4v) is 1.95. The van der Waals surface area contributed by atoms with E-state index in [1.165, 1.54) is 31.2 Å². The summed E-state index contributed by atoms with van der Waals surface area (Å²) in [6.07, 6.45) is -1.03. The van der Waals surface area contributed by atoms with Gasteiger partial charge in [0.25, 0.3) is 0 Å². The maximum atomic E-state index is 12.1. The largest absolute Gasteiger partial charge is 0.508 e. The molecule has 0 heterocycles. The van der Waals surface area contributed by atoms with Crippen molar-refractivity contribution in [2.75, 3.05) is 0 Å². The summed E-state index contributed by atoms with van der Waals surface area (Å²) in [5.41, 5.74) is 0.230. The van der Waals surface area contributed by atoms with Crippen LogP contribution in [0.4, 0.5) is 0 Å². The van der Waals surface area contributed by atoms with Gasteiger partial charge in [0.05, 0.1) is 0 Å². The third kappa shape index (κ3) is 3.56. The number of hydrogen-bond acceptors (Lipinski definition) is 5. The van der Waals surface area contributed by atoms with Gasteiger partial charge in [-0.1, -0.05) is 11.6 Å². The lowest BCUT2D eigenvalue weighted by Gasteiger charge is -2.13. The number of carbonyl (C=O) groups excluding carboxylic acids is 2. The van der Waals surface area contributed by atoms with Gasteiger partial charge >= 0.3 is 5.97 Å². The highest BCUT2D eigenvalue weighted by molar-refractivity contribution is 6.30. The van der Waals surface area contributed by atoms with E-state index >= 15 is 0 Å². The predicted octanol–water partition coefficient (Wildman–Crippen LogP) is 3.18. The molecule has 0 aromatic heterocycles. The summed E-state index contributed by atoms with van der Waals surface area (Å²) in [7, 11) is 0. The van der Waals surface area contributed by atoms with E-state index in [2.05, 4.69) is 0 Å². The average molecular weight is 321 g/mol. The zero-order valence-corrected chi connectivity index (χ0v) is 12.4. The standard InChI is InChI=1S/C16H13ClO5/c1-9(15(20)10-2-4-11(17)5-3-10)22-16(21)13-7-6-12(18)8-14(13)19/h2-9,18-19H,1H3/t9-/m0/s1. The van der Waals surface area contributed by atoms with E-state index in [0.717, 1.165) is 6.07 Å². The SMILES string of the molecule is C[C@H](OC(=O)c1ccc(O)cc1O)C(=O)c1ccc(Cl)cc1. The number of halogens is 1. The van der Waals surface area contributed by atoms with Crippen LogP contribution in [0.2, 0.25) is 5.02 Å². The predicted molar refractivity (Wildman–Crippen MR) is 80.4 cm³/mol. The first-order valence-electron chi connectivity index (χ1n) is 6.41. The average Bonchev–Trinajstić information content (AvgIpc) is 2.47. The Morgan fingerprint density at radius 2 is 1.73 bits per heavy atom. The number of aromatic hydroxyl groups is 2. The van der Waals surface area contributed by atoms with Crippen LogP contribution in [-0.4, -0.2) is 28.1 Å². The minimum Gasteiger partial charge on any atom is -0.508 e. The second-order valence-electron chi connectivity index (χ2n) is 4.62. The van der Waals surface area contributed by atoms with Gasteiger partial charge in [0.15, 0.2) is 6.10 Å². The quantitative estimate of drug-likeness (QED) is 0.667. The Labute approximate surface area is 131 Å². The maximum Gasteiger partial charge on any atom is 0.342 e. The summed E-state index contributed by atoms with van der Waals surface area (Å²) in [4.78, 5) is 24.1. The number of ether oxygens (including phenoxy) is 1. The number of rotatable bonds is 4. The normalized spacial score (nSPS) is 11.7. The van der Waals surface area contributed by atoms with Crippen molar-refractivity contribution < 1.29 is 24.5 Å². The molecule has 0 bridgehead atoms. The summed E-state index contributed by atoms with van der Waals surface area (Å²) >= 11 is 5.75. The van der Waals surface area contributed by atoms with Gasteiger partial charge in [-0.3, -0.25) is 4.79 Å². The van der Waals surface area contributed by atoms with Crippen LogP contribution in [0.5, 0.6) is 11.5 Å². The van der Waals surface area contributed by atoms with Gasteiger partial charge in [-0.2, -0.15) is 0 Å². The summed E-state index contributed by atoms with van der Waals surface area (Å²) in [6.45, 7) is 1.44. The lowest BCUT2D eigenvalue weighted by atomic mass is 10.1. The Hall–Kier alpha value is -2.53. The molecule has 6 heteroatoms. The topological polar surface area (TPSA) is 83.8 Å². The molecule has 2 aromatic carbocycles. The van der Waals surface area contributed by atoms with Gasteiger partial charge in [0.1, 0.15) is 17.1 Å². The van der Waals surface area contributed by atoms with Crippen molar-refractivity contribution in [1.29, 1.82) is 0 Å². The van der Waals surface area contributed by atoms with Crippen LogP contribution < -0.4 is 0 Å². The number of esters is 1. The van der Waals surface area contributed by atoms with Crippen molar-refractivity contribution in [1.82, 2.24) is 0 Å². The van der Waals surface area contributed by atoms with E-state index in [-0.39, 0.29) is 17.1 Å². The lowest BCUT2D eigenvalue weighted by molar-refractivity contribution is 0.0316. The number of ketones is 1. The van der Waals surface area contributed by atoms with Crippen LogP contribution in [0.15, 0.2) is 42.5 Å². The molecular weight excluding hydrogens is 308 g/mol. The molecule has 0 saturated carbocycles. The molecule has 0 saturated heterocycles. The Balaban J connectivity index is 2.10. The van der Waals surface area contributed by atoms with Crippen molar-refractivity contribution in [3.05, 3.63) is 58.6 Å². The van der Waals surface area contributed by atoms with Crippen LogP contribution >= 0.6 is 11.6 Å². The Morgan fingerprint density at radius 1 is 1.09 bits per heavy atom. The van der Waals surface area contributed by atoms with Crippen LogP contribution in [0, 0.1) is 0 Å². The van der Waals surface area contributed by atoms with Gasteiger partial charge in [-0.15, -0.1) is 0 Å². The second-order valence-corrected chi connectivity index (χ2v) is 5.06. The van der Waals surface area contributed by atoms with E-state index in [9.17, 15) is 19.8 Å². The van der Waals surface area contributed by atoms with Crippen molar-refractivity contribution in [2.24, 2.45) is 0 Å². The van der Waals surface area contributed by atoms with E-state index in [1.807, 2.05) is 0 Å². The van der Waals surface area contributed by atoms with Crippen LogP contribution in [0.25, 0.3) is 0 Å². The Bertz CT molecular complexity index is 709. The molecule has 114 valence electrons. The van der Waals surface area contributed by atoms with Gasteiger partial charge in [0.2, 0.25) is 5.78 Å². The highest BCUT2D eigenvalue weighted by Crippen LogP contribution is 2.24. The molecule has 2 rings (SSSR count). The van der Waals surface area contributed by atoms with E-state index < -0.39 is 17.8 Å². The van der Waals surface area contributed by atoms with E-state index in [4.69, 9.17) is 16.3 Å².